The zero-order chi connectivity index (χ0) is 46.8. The average Bonchev–Trinajstić information content (AvgIpc) is 4.08. The second-order valence-corrected chi connectivity index (χ2v) is 18.4. The van der Waals surface area contributed by atoms with Crippen molar-refractivity contribution in [3.05, 3.63) is 259 Å². The van der Waals surface area contributed by atoms with Gasteiger partial charge in [0.25, 0.3) is 0 Å². The van der Waals surface area contributed by atoms with Crippen molar-refractivity contribution < 1.29 is 4.42 Å². The van der Waals surface area contributed by atoms with Gasteiger partial charge in [0.15, 0.2) is 5.84 Å². The fraction of sp³-hybridized carbons (Fsp3) is 0.0303. The van der Waals surface area contributed by atoms with Crippen LogP contribution in [0.3, 0.4) is 0 Å². The third-order valence-electron chi connectivity index (χ3n) is 14.2. The molecule has 334 valence electrons. The Bertz CT molecular complexity index is 4310. The molecule has 0 fully saturated rings. The highest BCUT2D eigenvalue weighted by molar-refractivity contribution is 6.20. The van der Waals surface area contributed by atoms with E-state index in [0.717, 1.165) is 96.5 Å². The second-order valence-electron chi connectivity index (χ2n) is 18.4. The molecule has 0 atom stereocenters. The topological polar surface area (TPSA) is 47.7 Å². The van der Waals surface area contributed by atoms with Crippen molar-refractivity contribution in [2.24, 2.45) is 9.98 Å². The van der Waals surface area contributed by atoms with Crippen LogP contribution in [-0.2, 0) is 0 Å². The Kier molecular flexibility index (Phi) is 9.59. The zero-order valence-corrected chi connectivity index (χ0v) is 38.7. The standard InChI is InChI=1S/C66H44N4O/c1-5-18-43(19-6-1)57-30-17-31-58(68-66(67-57)44-20-7-2-8-21-44)48-23-15-22-47(38-48)51-29-16-33-64-65(51)56-40-46(35-37-63(56)71-64)45-34-36-60-53(39-45)55-41-54-52-28-13-14-32-59(52)69(49-24-9-3-10-25-49)61(54)42-62(55)70(60)50-26-11-4-12-27-50/h1-16,18-29,31-42H,17,30H2. The van der Waals surface area contributed by atoms with Crippen LogP contribution in [0.1, 0.15) is 29.5 Å². The van der Waals surface area contributed by atoms with Crippen molar-refractivity contribution in [1.82, 2.24) is 9.13 Å². The number of amidine groups is 1. The largest absolute Gasteiger partial charge is 0.456 e. The van der Waals surface area contributed by atoms with Crippen LogP contribution < -0.4 is 0 Å². The Hall–Kier alpha value is -9.32. The number of benzene rings is 10. The quantitative estimate of drug-likeness (QED) is 0.157. The van der Waals surface area contributed by atoms with Crippen molar-refractivity contribution in [1.29, 1.82) is 0 Å². The Labute approximate surface area is 410 Å². The van der Waals surface area contributed by atoms with Crippen molar-refractivity contribution in [3.63, 3.8) is 0 Å². The highest BCUT2D eigenvalue weighted by Crippen LogP contribution is 2.43. The van der Waals surface area contributed by atoms with Crippen LogP contribution >= 0.6 is 0 Å². The molecule has 5 heteroatoms. The van der Waals surface area contributed by atoms with E-state index < -0.39 is 0 Å². The molecule has 13 aromatic rings. The first kappa shape index (κ1) is 40.7. The van der Waals surface area contributed by atoms with Crippen molar-refractivity contribution in [3.8, 4) is 33.6 Å². The smallest absolute Gasteiger partial charge is 0.160 e. The van der Waals surface area contributed by atoms with Gasteiger partial charge in [0, 0.05) is 54.8 Å². The monoisotopic (exact) mass is 908 g/mol. The Morgan fingerprint density at radius 3 is 1.68 bits per heavy atom. The summed E-state index contributed by atoms with van der Waals surface area (Å²) in [6.45, 7) is 0. The molecule has 4 heterocycles. The fourth-order valence-corrected chi connectivity index (χ4v) is 10.9. The van der Waals surface area contributed by atoms with Crippen LogP contribution in [0, 0.1) is 0 Å². The fourth-order valence-electron chi connectivity index (χ4n) is 10.9. The molecule has 0 saturated heterocycles. The molecule has 14 rings (SSSR count). The first-order valence-corrected chi connectivity index (χ1v) is 24.4. The maximum atomic E-state index is 6.63. The molecule has 71 heavy (non-hydrogen) atoms. The molecule has 5 nitrogen and oxygen atoms in total. The minimum absolute atomic E-state index is 0.711. The molecule has 1 aliphatic rings. The van der Waals surface area contributed by atoms with Crippen molar-refractivity contribution >= 4 is 82.8 Å². The molecule has 10 aromatic carbocycles. The van der Waals surface area contributed by atoms with Crippen molar-refractivity contribution in [2.45, 2.75) is 12.8 Å². The Balaban J connectivity index is 0.902. The maximum Gasteiger partial charge on any atom is 0.160 e. The van der Waals surface area contributed by atoms with E-state index in [1.54, 1.807) is 0 Å². The van der Waals surface area contributed by atoms with E-state index in [1.807, 2.05) is 24.3 Å². The maximum absolute atomic E-state index is 6.63. The van der Waals surface area contributed by atoms with Gasteiger partial charge in [-0.1, -0.05) is 164 Å². The van der Waals surface area contributed by atoms with Crippen LogP contribution in [0.2, 0.25) is 0 Å². The summed E-state index contributed by atoms with van der Waals surface area (Å²) in [6, 6.07) is 84.5. The predicted molar refractivity (Wildman–Crippen MR) is 296 cm³/mol. The normalized spacial score (nSPS) is 13.2. The van der Waals surface area contributed by atoms with Gasteiger partial charge in [0.05, 0.1) is 33.5 Å². The van der Waals surface area contributed by atoms with E-state index in [-0.39, 0.29) is 0 Å². The number of hydrogen-bond acceptors (Lipinski definition) is 3. The summed E-state index contributed by atoms with van der Waals surface area (Å²) in [5.41, 5.74) is 18.3. The van der Waals surface area contributed by atoms with Gasteiger partial charge < -0.3 is 13.6 Å². The van der Waals surface area contributed by atoms with Gasteiger partial charge in [0.2, 0.25) is 0 Å². The first-order valence-electron chi connectivity index (χ1n) is 24.4. The molecule has 0 saturated carbocycles. The molecule has 0 radical (unpaired) electrons. The number of allylic oxidation sites excluding steroid dienone is 1. The summed E-state index contributed by atoms with van der Waals surface area (Å²) in [5, 5.41) is 7.07. The number of nitrogens with zero attached hydrogens (tertiary/aromatic N) is 4. The summed E-state index contributed by atoms with van der Waals surface area (Å²) in [4.78, 5) is 10.5. The molecule has 0 aliphatic carbocycles. The van der Waals surface area contributed by atoms with Crippen LogP contribution in [0.5, 0.6) is 0 Å². The summed E-state index contributed by atoms with van der Waals surface area (Å²) < 4.78 is 11.5. The lowest BCUT2D eigenvalue weighted by Crippen LogP contribution is -2.09. The minimum Gasteiger partial charge on any atom is -0.456 e. The van der Waals surface area contributed by atoms with Crippen LogP contribution in [-0.4, -0.2) is 20.7 Å². The predicted octanol–water partition coefficient (Wildman–Crippen LogP) is 17.2. The summed E-state index contributed by atoms with van der Waals surface area (Å²) in [6.07, 6.45) is 3.90. The zero-order valence-electron chi connectivity index (χ0n) is 38.7. The van der Waals surface area contributed by atoms with E-state index in [9.17, 15) is 0 Å². The number of rotatable bonds is 7. The highest BCUT2D eigenvalue weighted by atomic mass is 16.3. The van der Waals surface area contributed by atoms with Crippen molar-refractivity contribution in [2.75, 3.05) is 0 Å². The number of hydrogen-bond donors (Lipinski definition) is 0. The van der Waals surface area contributed by atoms with Gasteiger partial charge in [-0.2, -0.15) is 0 Å². The van der Waals surface area contributed by atoms with E-state index >= 15 is 0 Å². The number of aliphatic imine (C=N–C) groups is 2. The molecular weight excluding hydrogens is 865 g/mol. The lowest BCUT2D eigenvalue weighted by molar-refractivity contribution is 0.669. The minimum atomic E-state index is 0.711. The lowest BCUT2D eigenvalue weighted by atomic mass is 9.95. The third kappa shape index (κ3) is 6.93. The number of furan rings is 1. The molecule has 3 aromatic heterocycles. The van der Waals surface area contributed by atoms with Gasteiger partial charge in [-0.3, -0.25) is 0 Å². The number of para-hydroxylation sites is 3. The van der Waals surface area contributed by atoms with Gasteiger partial charge in [-0.15, -0.1) is 0 Å². The molecule has 0 spiro atoms. The first-order chi connectivity index (χ1) is 35.2. The average molecular weight is 909 g/mol. The van der Waals surface area contributed by atoms with Gasteiger partial charge in [0.1, 0.15) is 11.2 Å². The van der Waals surface area contributed by atoms with E-state index in [2.05, 4.69) is 228 Å². The number of fused-ring (bicyclic) bond motifs is 9. The van der Waals surface area contributed by atoms with Crippen LogP contribution in [0.4, 0.5) is 0 Å². The summed E-state index contributed by atoms with van der Waals surface area (Å²) in [7, 11) is 0. The third-order valence-corrected chi connectivity index (χ3v) is 14.2. The molecule has 0 N–H and O–H groups in total. The lowest BCUT2D eigenvalue weighted by Gasteiger charge is -2.14. The molecule has 0 amide bonds. The van der Waals surface area contributed by atoms with E-state index in [4.69, 9.17) is 14.4 Å². The van der Waals surface area contributed by atoms with Gasteiger partial charge >= 0.3 is 0 Å². The van der Waals surface area contributed by atoms with E-state index in [0.29, 0.717) is 5.84 Å². The van der Waals surface area contributed by atoms with Crippen LogP contribution in [0.25, 0.3) is 105 Å². The molecule has 0 bridgehead atoms. The second kappa shape index (κ2) is 16.7. The molecular formula is C66H44N4O. The van der Waals surface area contributed by atoms with Gasteiger partial charge in [-0.05, 0) is 120 Å². The molecule has 0 unspecified atom stereocenters. The Morgan fingerprint density at radius 1 is 0.352 bits per heavy atom. The SMILES string of the molecule is C1=C(c2cccc(-c3cccc4oc5ccc(-c6ccc7c(c6)c6cc8c9ccccc9n(-c9ccccc9)c8cc6n7-c6ccccc6)cc5c34)c2)N=C(c2ccccc2)N=C(c2ccccc2)CC1. The number of aromatic nitrogens is 2. The summed E-state index contributed by atoms with van der Waals surface area (Å²) in [5.74, 6) is 0.711. The van der Waals surface area contributed by atoms with Gasteiger partial charge in [-0.25, -0.2) is 9.98 Å². The highest BCUT2D eigenvalue weighted by Gasteiger charge is 2.21. The van der Waals surface area contributed by atoms with E-state index in [1.165, 1.54) is 43.6 Å². The molecule has 1 aliphatic heterocycles. The summed E-state index contributed by atoms with van der Waals surface area (Å²) >= 11 is 0. The Morgan fingerprint density at radius 2 is 0.930 bits per heavy atom. The van der Waals surface area contributed by atoms with Crippen LogP contribution in [0.15, 0.2) is 257 Å².